The molecule has 0 bridgehead atoms. The molecule has 80 valence electrons. The Balaban J connectivity index is 4.16. The van der Waals surface area contributed by atoms with E-state index in [4.69, 9.17) is 11.5 Å². The molecule has 0 aliphatic rings. The van der Waals surface area contributed by atoms with Crippen LogP contribution in [0.2, 0.25) is 0 Å². The number of carbonyl (C=O) groups excluding carboxylic acids is 3. The van der Waals surface area contributed by atoms with Gasteiger partial charge in [0.25, 0.3) is 0 Å². The number of hydrogen-bond acceptors (Lipinski definition) is 4. The summed E-state index contributed by atoms with van der Waals surface area (Å²) >= 11 is 1.30. The maximum atomic E-state index is 11.0. The minimum atomic E-state index is -1.01. The van der Waals surface area contributed by atoms with Crippen molar-refractivity contribution in [3.05, 3.63) is 0 Å². The zero-order valence-corrected chi connectivity index (χ0v) is 8.60. The third-order valence-electron chi connectivity index (χ3n) is 1.36. The van der Waals surface area contributed by atoms with Gasteiger partial charge in [0, 0.05) is 0 Å². The number of carbonyl (C=O) groups is 3. The minimum Gasteiger partial charge on any atom is -0.370 e. The van der Waals surface area contributed by atoms with Crippen molar-refractivity contribution in [3.63, 3.8) is 0 Å². The predicted octanol–water partition coefficient (Wildman–Crippen LogP) is -1.81. The highest BCUT2D eigenvalue weighted by molar-refractivity contribution is 7.99. The van der Waals surface area contributed by atoms with Crippen molar-refractivity contribution < 1.29 is 14.4 Å². The van der Waals surface area contributed by atoms with Crippen LogP contribution in [-0.4, -0.2) is 35.8 Å². The van der Waals surface area contributed by atoms with E-state index in [1.54, 1.807) is 6.26 Å². The largest absolute Gasteiger partial charge is 0.370 e. The molecular formula is C7H13N3O3S. The number of hydrogen-bond donors (Lipinski definition) is 3. The van der Waals surface area contributed by atoms with E-state index in [0.29, 0.717) is 0 Å². The quantitative estimate of drug-likeness (QED) is 0.488. The topological polar surface area (TPSA) is 115 Å². The fourth-order valence-corrected chi connectivity index (χ4v) is 1.14. The predicted molar refractivity (Wildman–Crippen MR) is 53.3 cm³/mol. The van der Waals surface area contributed by atoms with Crippen LogP contribution in [0, 0.1) is 0 Å². The second-order valence-corrected chi connectivity index (χ2v) is 3.49. The monoisotopic (exact) mass is 219 g/mol. The molecule has 0 unspecified atom stereocenters. The smallest absolute Gasteiger partial charge is 0.240 e. The van der Waals surface area contributed by atoms with Gasteiger partial charge in [-0.15, -0.1) is 0 Å². The molecule has 3 amide bonds. The van der Waals surface area contributed by atoms with Crippen LogP contribution in [0.1, 0.15) is 6.42 Å². The van der Waals surface area contributed by atoms with Gasteiger partial charge >= 0.3 is 0 Å². The average molecular weight is 219 g/mol. The number of nitrogens with two attached hydrogens (primary N) is 2. The lowest BCUT2D eigenvalue weighted by molar-refractivity contribution is -0.128. The summed E-state index contributed by atoms with van der Waals surface area (Å²) in [5.41, 5.74) is 9.84. The van der Waals surface area contributed by atoms with Gasteiger partial charge in [0.15, 0.2) is 0 Å². The molecule has 0 aliphatic heterocycles. The van der Waals surface area contributed by atoms with Crippen molar-refractivity contribution in [2.75, 3.05) is 12.0 Å². The van der Waals surface area contributed by atoms with Crippen LogP contribution >= 0.6 is 11.8 Å². The van der Waals surface area contributed by atoms with Crippen molar-refractivity contribution >= 4 is 29.5 Å². The fraction of sp³-hybridized carbons (Fsp3) is 0.571. The van der Waals surface area contributed by atoms with E-state index in [0.717, 1.165) is 0 Å². The van der Waals surface area contributed by atoms with Crippen LogP contribution in [-0.2, 0) is 14.4 Å². The molecule has 1 atom stereocenters. The Kier molecular flexibility index (Phi) is 5.70. The number of thioether (sulfide) groups is 1. The first-order valence-electron chi connectivity index (χ1n) is 3.83. The van der Waals surface area contributed by atoms with Crippen LogP contribution < -0.4 is 16.8 Å². The fourth-order valence-electron chi connectivity index (χ4n) is 0.791. The van der Waals surface area contributed by atoms with Crippen molar-refractivity contribution in [2.45, 2.75) is 12.5 Å². The van der Waals surface area contributed by atoms with Crippen molar-refractivity contribution in [1.29, 1.82) is 0 Å². The first-order chi connectivity index (χ1) is 6.47. The molecule has 0 spiro atoms. The third-order valence-corrected chi connectivity index (χ3v) is 1.91. The molecule has 7 heteroatoms. The van der Waals surface area contributed by atoms with Gasteiger partial charge in [-0.3, -0.25) is 14.4 Å². The molecule has 0 aromatic carbocycles. The summed E-state index contributed by atoms with van der Waals surface area (Å²) in [7, 11) is 0. The van der Waals surface area contributed by atoms with Gasteiger partial charge in [-0.05, 0) is 6.26 Å². The Morgan fingerprint density at radius 3 is 2.29 bits per heavy atom. The van der Waals surface area contributed by atoms with Gasteiger partial charge in [0.2, 0.25) is 17.7 Å². The first kappa shape index (κ1) is 12.8. The van der Waals surface area contributed by atoms with Crippen LogP contribution in [0.5, 0.6) is 0 Å². The van der Waals surface area contributed by atoms with Gasteiger partial charge in [-0.2, -0.15) is 11.8 Å². The highest BCUT2D eigenvalue weighted by atomic mass is 32.2. The van der Waals surface area contributed by atoms with Crippen molar-refractivity contribution in [1.82, 2.24) is 5.32 Å². The van der Waals surface area contributed by atoms with E-state index in [2.05, 4.69) is 5.32 Å². The normalized spacial score (nSPS) is 11.8. The number of primary amides is 2. The van der Waals surface area contributed by atoms with Crippen molar-refractivity contribution in [3.8, 4) is 0 Å². The number of amides is 3. The molecular weight excluding hydrogens is 206 g/mol. The molecule has 0 aliphatic carbocycles. The van der Waals surface area contributed by atoms with Gasteiger partial charge in [-0.25, -0.2) is 0 Å². The third kappa shape index (κ3) is 5.41. The van der Waals surface area contributed by atoms with Gasteiger partial charge < -0.3 is 16.8 Å². The van der Waals surface area contributed by atoms with Gasteiger partial charge in [0.1, 0.15) is 6.04 Å². The van der Waals surface area contributed by atoms with E-state index in [9.17, 15) is 14.4 Å². The average Bonchev–Trinajstić information content (AvgIpc) is 2.02. The first-order valence-corrected chi connectivity index (χ1v) is 5.22. The molecule has 0 heterocycles. The molecule has 6 nitrogen and oxygen atoms in total. The molecule has 0 rings (SSSR count). The van der Waals surface area contributed by atoms with E-state index >= 15 is 0 Å². The molecule has 5 N–H and O–H groups in total. The van der Waals surface area contributed by atoms with E-state index < -0.39 is 17.9 Å². The van der Waals surface area contributed by atoms with Crippen LogP contribution in [0.4, 0.5) is 0 Å². The lowest BCUT2D eigenvalue weighted by atomic mass is 10.2. The maximum absolute atomic E-state index is 11.0. The zero-order valence-electron chi connectivity index (χ0n) is 7.78. The van der Waals surface area contributed by atoms with Crippen LogP contribution in [0.25, 0.3) is 0 Å². The zero-order chi connectivity index (χ0) is 11.1. The van der Waals surface area contributed by atoms with E-state index in [1.807, 2.05) is 0 Å². The van der Waals surface area contributed by atoms with E-state index in [-0.39, 0.29) is 18.1 Å². The summed E-state index contributed by atoms with van der Waals surface area (Å²) in [5.74, 6) is -1.58. The van der Waals surface area contributed by atoms with Gasteiger partial charge in [0.05, 0.1) is 12.2 Å². The summed E-state index contributed by atoms with van der Waals surface area (Å²) in [6.07, 6.45) is 1.47. The molecule has 0 fully saturated rings. The standard InChI is InChI=1S/C7H13N3O3S/c1-14-3-6(12)10-4(7(9)13)2-5(8)11/h4H,2-3H2,1H3,(H2,8,11)(H2,9,13)(H,10,12)/t4-/m0/s1. The Morgan fingerprint density at radius 1 is 1.36 bits per heavy atom. The molecule has 0 radical (unpaired) electrons. The van der Waals surface area contributed by atoms with Crippen molar-refractivity contribution in [2.24, 2.45) is 11.5 Å². The van der Waals surface area contributed by atoms with Crippen LogP contribution in [0.15, 0.2) is 0 Å². The number of rotatable bonds is 6. The summed E-state index contributed by atoms with van der Waals surface area (Å²) in [5, 5.41) is 2.31. The Hall–Kier alpha value is -1.24. The summed E-state index contributed by atoms with van der Waals surface area (Å²) in [6, 6.07) is -1.01. The molecule has 14 heavy (non-hydrogen) atoms. The Morgan fingerprint density at radius 2 is 1.93 bits per heavy atom. The summed E-state index contributed by atoms with van der Waals surface area (Å²) < 4.78 is 0. The Labute approximate surface area is 85.8 Å². The summed E-state index contributed by atoms with van der Waals surface area (Å²) in [6.45, 7) is 0. The lowest BCUT2D eigenvalue weighted by Gasteiger charge is -2.12. The second kappa shape index (κ2) is 6.25. The molecule has 0 aromatic heterocycles. The Bertz CT molecular complexity index is 244. The highest BCUT2D eigenvalue weighted by Crippen LogP contribution is 1.94. The van der Waals surface area contributed by atoms with Crippen LogP contribution in [0.3, 0.4) is 0 Å². The maximum Gasteiger partial charge on any atom is 0.240 e. The highest BCUT2D eigenvalue weighted by Gasteiger charge is 2.19. The molecule has 0 saturated heterocycles. The van der Waals surface area contributed by atoms with E-state index in [1.165, 1.54) is 11.8 Å². The second-order valence-electron chi connectivity index (χ2n) is 2.63. The molecule has 0 aromatic rings. The van der Waals surface area contributed by atoms with Gasteiger partial charge in [-0.1, -0.05) is 0 Å². The summed E-state index contributed by atoms with van der Waals surface area (Å²) in [4.78, 5) is 32.3. The molecule has 0 saturated carbocycles. The lowest BCUT2D eigenvalue weighted by Crippen LogP contribution is -2.47. The number of nitrogens with one attached hydrogen (secondary N) is 1. The SMILES string of the molecule is CSCC(=O)N[C@@H](CC(N)=O)C(N)=O. The minimum absolute atomic E-state index is 0.211.